The maximum absolute atomic E-state index is 5.91. The highest BCUT2D eigenvalue weighted by molar-refractivity contribution is 9.10. The molecular formula is C18H22BrN3OS. The van der Waals surface area contributed by atoms with Crippen LogP contribution in [0.1, 0.15) is 18.2 Å². The van der Waals surface area contributed by atoms with Crippen molar-refractivity contribution in [3.63, 3.8) is 0 Å². The number of pyridine rings is 1. The van der Waals surface area contributed by atoms with E-state index in [0.717, 1.165) is 28.0 Å². The Balaban J connectivity index is 2.14. The largest absolute Gasteiger partial charge is 0.472 e. The van der Waals surface area contributed by atoms with E-state index < -0.39 is 0 Å². The molecule has 24 heavy (non-hydrogen) atoms. The van der Waals surface area contributed by atoms with Crippen LogP contribution in [-0.4, -0.2) is 36.1 Å². The standard InChI is InChI=1S/C18H22BrN3OS/c1-5-22(3)12-20-16-10-15(19)18(21-13(16)2)23-11-14-8-6-7-9-17(14)24-4/h6-10,12H,5,11H2,1-4H3/b20-12+. The minimum Gasteiger partial charge on any atom is -0.472 e. The fourth-order valence-corrected chi connectivity index (χ4v) is 3.02. The molecule has 0 unspecified atom stereocenters. The lowest BCUT2D eigenvalue weighted by atomic mass is 10.2. The molecule has 0 atom stereocenters. The Bertz CT molecular complexity index is 721. The van der Waals surface area contributed by atoms with E-state index in [4.69, 9.17) is 4.74 Å². The molecule has 0 saturated heterocycles. The number of benzene rings is 1. The molecule has 2 aromatic rings. The van der Waals surface area contributed by atoms with E-state index in [1.54, 1.807) is 11.8 Å². The second kappa shape index (κ2) is 9.08. The van der Waals surface area contributed by atoms with Crippen molar-refractivity contribution >= 4 is 39.7 Å². The molecule has 128 valence electrons. The van der Waals surface area contributed by atoms with Crippen LogP contribution in [0, 0.1) is 6.92 Å². The molecule has 0 aliphatic heterocycles. The fourth-order valence-electron chi connectivity index (χ4n) is 1.99. The minimum absolute atomic E-state index is 0.489. The van der Waals surface area contributed by atoms with Crippen LogP contribution in [0.25, 0.3) is 0 Å². The molecule has 0 amide bonds. The van der Waals surface area contributed by atoms with Crippen LogP contribution in [-0.2, 0) is 6.61 Å². The first-order valence-corrected chi connectivity index (χ1v) is 9.73. The van der Waals surface area contributed by atoms with Gasteiger partial charge in [-0.1, -0.05) is 18.2 Å². The maximum atomic E-state index is 5.91. The zero-order valence-electron chi connectivity index (χ0n) is 14.4. The van der Waals surface area contributed by atoms with E-state index in [2.05, 4.69) is 51.2 Å². The molecule has 0 aliphatic carbocycles. The van der Waals surface area contributed by atoms with Crippen molar-refractivity contribution in [3.8, 4) is 5.88 Å². The molecule has 0 bridgehead atoms. The quantitative estimate of drug-likeness (QED) is 0.364. The van der Waals surface area contributed by atoms with Gasteiger partial charge in [0.05, 0.1) is 22.2 Å². The zero-order chi connectivity index (χ0) is 17.5. The van der Waals surface area contributed by atoms with Crippen molar-refractivity contribution in [2.45, 2.75) is 25.3 Å². The first-order valence-electron chi connectivity index (χ1n) is 7.71. The molecule has 0 spiro atoms. The third kappa shape index (κ3) is 4.98. The molecule has 1 aromatic carbocycles. The van der Waals surface area contributed by atoms with Crippen LogP contribution in [0.2, 0.25) is 0 Å². The van der Waals surface area contributed by atoms with Gasteiger partial charge in [0.1, 0.15) is 6.61 Å². The van der Waals surface area contributed by atoms with Gasteiger partial charge in [-0.25, -0.2) is 9.98 Å². The average Bonchev–Trinajstić information content (AvgIpc) is 2.60. The van der Waals surface area contributed by atoms with Crippen molar-refractivity contribution in [2.24, 2.45) is 4.99 Å². The van der Waals surface area contributed by atoms with Gasteiger partial charge in [-0.2, -0.15) is 0 Å². The zero-order valence-corrected chi connectivity index (χ0v) is 16.8. The predicted octanol–water partition coefficient (Wildman–Crippen LogP) is 5.06. The third-order valence-corrected chi connectivity index (χ3v) is 4.96. The van der Waals surface area contributed by atoms with E-state index in [0.29, 0.717) is 12.5 Å². The normalized spacial score (nSPS) is 11.0. The van der Waals surface area contributed by atoms with Crippen LogP contribution < -0.4 is 4.74 Å². The molecule has 0 saturated carbocycles. The topological polar surface area (TPSA) is 37.7 Å². The summed E-state index contributed by atoms with van der Waals surface area (Å²) in [5.41, 5.74) is 2.83. The molecular weight excluding hydrogens is 386 g/mol. The molecule has 0 radical (unpaired) electrons. The van der Waals surface area contributed by atoms with Crippen molar-refractivity contribution in [1.29, 1.82) is 0 Å². The highest BCUT2D eigenvalue weighted by atomic mass is 79.9. The van der Waals surface area contributed by atoms with Crippen molar-refractivity contribution < 1.29 is 4.74 Å². The van der Waals surface area contributed by atoms with Crippen molar-refractivity contribution in [3.05, 3.63) is 46.1 Å². The Morgan fingerprint density at radius 3 is 2.83 bits per heavy atom. The summed E-state index contributed by atoms with van der Waals surface area (Å²) in [7, 11) is 1.99. The van der Waals surface area contributed by atoms with Gasteiger partial charge in [0.25, 0.3) is 0 Å². The summed E-state index contributed by atoms with van der Waals surface area (Å²) in [5.74, 6) is 0.589. The van der Waals surface area contributed by atoms with E-state index in [-0.39, 0.29) is 0 Å². The number of hydrogen-bond acceptors (Lipinski definition) is 4. The van der Waals surface area contributed by atoms with Gasteiger partial charge in [-0.05, 0) is 48.2 Å². The average molecular weight is 408 g/mol. The number of rotatable bonds is 7. The van der Waals surface area contributed by atoms with Gasteiger partial charge in [-0.15, -0.1) is 11.8 Å². The minimum atomic E-state index is 0.489. The number of thioether (sulfide) groups is 1. The first-order chi connectivity index (χ1) is 11.5. The predicted molar refractivity (Wildman–Crippen MR) is 106 cm³/mol. The van der Waals surface area contributed by atoms with Gasteiger partial charge in [-0.3, -0.25) is 0 Å². The number of nitrogens with zero attached hydrogens (tertiary/aromatic N) is 3. The lowest BCUT2D eigenvalue weighted by molar-refractivity contribution is 0.288. The molecule has 6 heteroatoms. The van der Waals surface area contributed by atoms with Crippen molar-refractivity contribution in [2.75, 3.05) is 19.8 Å². The van der Waals surface area contributed by atoms with Crippen LogP contribution in [0.5, 0.6) is 5.88 Å². The van der Waals surface area contributed by atoms with E-state index >= 15 is 0 Å². The molecule has 1 aromatic heterocycles. The van der Waals surface area contributed by atoms with E-state index in [1.165, 1.54) is 4.90 Å². The monoisotopic (exact) mass is 407 g/mol. The van der Waals surface area contributed by atoms with Gasteiger partial charge in [0.2, 0.25) is 5.88 Å². The van der Waals surface area contributed by atoms with E-state index in [9.17, 15) is 0 Å². The Morgan fingerprint density at radius 2 is 2.12 bits per heavy atom. The summed E-state index contributed by atoms with van der Waals surface area (Å²) in [6.07, 6.45) is 3.88. The van der Waals surface area contributed by atoms with Gasteiger partial charge in [0.15, 0.2) is 0 Å². The second-order valence-electron chi connectivity index (χ2n) is 5.30. The Hall–Kier alpha value is -1.53. The Labute approximate surface area is 156 Å². The maximum Gasteiger partial charge on any atom is 0.228 e. The van der Waals surface area contributed by atoms with Crippen LogP contribution >= 0.6 is 27.7 Å². The summed E-state index contributed by atoms with van der Waals surface area (Å²) in [6.45, 7) is 5.42. The molecule has 2 rings (SSSR count). The Morgan fingerprint density at radius 1 is 1.38 bits per heavy atom. The van der Waals surface area contributed by atoms with Gasteiger partial charge in [0, 0.05) is 24.1 Å². The first kappa shape index (κ1) is 18.8. The summed E-state index contributed by atoms with van der Waals surface area (Å²) < 4.78 is 6.72. The fraction of sp³-hybridized carbons (Fsp3) is 0.333. The Kier molecular flexibility index (Phi) is 7.12. The van der Waals surface area contributed by atoms with Crippen LogP contribution in [0.3, 0.4) is 0 Å². The summed E-state index contributed by atoms with van der Waals surface area (Å²) >= 11 is 5.25. The molecule has 0 fully saturated rings. The van der Waals surface area contributed by atoms with Gasteiger partial charge < -0.3 is 9.64 Å². The second-order valence-corrected chi connectivity index (χ2v) is 7.00. The van der Waals surface area contributed by atoms with E-state index in [1.807, 2.05) is 43.4 Å². The smallest absolute Gasteiger partial charge is 0.228 e. The van der Waals surface area contributed by atoms with Gasteiger partial charge >= 0.3 is 0 Å². The number of halogens is 1. The molecule has 0 aliphatic rings. The van der Waals surface area contributed by atoms with Crippen LogP contribution in [0.4, 0.5) is 5.69 Å². The molecule has 1 heterocycles. The summed E-state index contributed by atoms with van der Waals surface area (Å²) in [4.78, 5) is 12.2. The third-order valence-electron chi connectivity index (χ3n) is 3.56. The summed E-state index contributed by atoms with van der Waals surface area (Å²) in [6, 6.07) is 10.2. The highest BCUT2D eigenvalue weighted by Gasteiger charge is 2.09. The number of aromatic nitrogens is 1. The summed E-state index contributed by atoms with van der Waals surface area (Å²) in [5, 5.41) is 0. The van der Waals surface area contributed by atoms with Crippen molar-refractivity contribution in [1.82, 2.24) is 9.88 Å². The number of aliphatic imine (C=N–C) groups is 1. The molecule has 0 N–H and O–H groups in total. The molecule has 4 nitrogen and oxygen atoms in total. The lowest BCUT2D eigenvalue weighted by Crippen LogP contribution is -2.14. The highest BCUT2D eigenvalue weighted by Crippen LogP contribution is 2.30. The number of aryl methyl sites for hydroxylation is 1. The number of ether oxygens (including phenoxy) is 1. The van der Waals surface area contributed by atoms with Crippen LogP contribution in [0.15, 0.2) is 44.7 Å². The number of hydrogen-bond donors (Lipinski definition) is 0. The SMILES string of the molecule is CCN(C)/C=N/c1cc(Br)c(OCc2ccccc2SC)nc1C. The lowest BCUT2D eigenvalue weighted by Gasteiger charge is -2.12.